The molecule has 39 heavy (non-hydrogen) atoms. The molecule has 0 aromatic heterocycles. The number of hydrogen-bond donors (Lipinski definition) is 1. The van der Waals surface area contributed by atoms with Gasteiger partial charge < -0.3 is 19.5 Å². The summed E-state index contributed by atoms with van der Waals surface area (Å²) in [4.78, 5) is 52.6. The van der Waals surface area contributed by atoms with Crippen molar-refractivity contribution < 1.29 is 33.4 Å². The Hall–Kier alpha value is -4.18. The number of nitrogens with one attached hydrogen (secondary N) is 1. The average molecular weight is 536 g/mol. The van der Waals surface area contributed by atoms with Crippen molar-refractivity contribution in [3.63, 3.8) is 0 Å². The lowest BCUT2D eigenvalue weighted by Gasteiger charge is -2.29. The maximum absolute atomic E-state index is 13.1. The summed E-state index contributed by atoms with van der Waals surface area (Å²) in [7, 11) is 0. The van der Waals surface area contributed by atoms with Gasteiger partial charge in [-0.05, 0) is 56.2 Å². The molecule has 2 heterocycles. The Morgan fingerprint density at radius 2 is 1.77 bits per heavy atom. The first-order chi connectivity index (χ1) is 18.5. The Morgan fingerprint density at radius 3 is 2.41 bits per heavy atom. The van der Waals surface area contributed by atoms with Gasteiger partial charge in [-0.25, -0.2) is 14.4 Å². The molecule has 0 aliphatic carbocycles. The SMILES string of the molecule is CC(=O)NC[C@H]1CN(c2ccc(C3=CCN([C@@H](OC(=O)c4ccccc4)C(=O)OC(C)(C)C)C3)cc2)C(=O)O1. The summed E-state index contributed by atoms with van der Waals surface area (Å²) >= 11 is 0. The molecule has 1 N–H and O–H groups in total. The Labute approximate surface area is 227 Å². The number of carbonyl (C=O) groups excluding carboxylic acids is 4. The molecule has 10 heteroatoms. The highest BCUT2D eigenvalue weighted by atomic mass is 16.6. The lowest BCUT2D eigenvalue weighted by atomic mass is 10.1. The van der Waals surface area contributed by atoms with E-state index in [2.05, 4.69) is 5.32 Å². The van der Waals surface area contributed by atoms with Crippen LogP contribution >= 0.6 is 0 Å². The minimum Gasteiger partial charge on any atom is -0.456 e. The molecule has 0 radical (unpaired) electrons. The Kier molecular flexibility index (Phi) is 8.35. The second kappa shape index (κ2) is 11.7. The molecule has 0 saturated carbocycles. The summed E-state index contributed by atoms with van der Waals surface area (Å²) in [6.07, 6.45) is -0.138. The lowest BCUT2D eigenvalue weighted by molar-refractivity contribution is -0.175. The van der Waals surface area contributed by atoms with E-state index in [1.165, 1.54) is 11.8 Å². The van der Waals surface area contributed by atoms with Gasteiger partial charge in [0.2, 0.25) is 5.91 Å². The van der Waals surface area contributed by atoms with Crippen LogP contribution in [0.4, 0.5) is 10.5 Å². The Bertz CT molecular complexity index is 1250. The first kappa shape index (κ1) is 27.8. The normalized spacial score (nSPS) is 18.3. The number of cyclic esters (lactones) is 1. The zero-order valence-electron chi connectivity index (χ0n) is 22.5. The summed E-state index contributed by atoms with van der Waals surface area (Å²) in [6.45, 7) is 8.01. The summed E-state index contributed by atoms with van der Waals surface area (Å²) in [6, 6.07) is 15.9. The number of hydrogen-bond acceptors (Lipinski definition) is 8. The first-order valence-electron chi connectivity index (χ1n) is 12.7. The topological polar surface area (TPSA) is 114 Å². The van der Waals surface area contributed by atoms with Crippen LogP contribution in [0, 0.1) is 0 Å². The lowest BCUT2D eigenvalue weighted by Crippen LogP contribution is -2.46. The molecule has 2 aromatic carbocycles. The predicted molar refractivity (Wildman–Crippen MR) is 144 cm³/mol. The first-order valence-corrected chi connectivity index (χ1v) is 12.7. The molecule has 1 fully saturated rings. The molecule has 2 atom stereocenters. The maximum Gasteiger partial charge on any atom is 0.414 e. The van der Waals surface area contributed by atoms with Crippen molar-refractivity contribution in [2.75, 3.05) is 31.1 Å². The fourth-order valence-corrected chi connectivity index (χ4v) is 4.28. The van der Waals surface area contributed by atoms with Crippen LogP contribution in [0.1, 0.15) is 43.6 Å². The molecule has 0 spiro atoms. The van der Waals surface area contributed by atoms with Crippen LogP contribution in [-0.2, 0) is 23.8 Å². The van der Waals surface area contributed by atoms with E-state index < -0.39 is 36.0 Å². The van der Waals surface area contributed by atoms with Gasteiger partial charge in [0.1, 0.15) is 11.7 Å². The van der Waals surface area contributed by atoms with E-state index in [0.717, 1.165) is 11.1 Å². The molecule has 206 valence electrons. The second-order valence-corrected chi connectivity index (χ2v) is 10.4. The van der Waals surface area contributed by atoms with Crippen molar-refractivity contribution in [3.8, 4) is 0 Å². The minimum atomic E-state index is -1.22. The summed E-state index contributed by atoms with van der Waals surface area (Å²) in [5, 5.41) is 2.66. The molecular weight excluding hydrogens is 502 g/mol. The van der Waals surface area contributed by atoms with Crippen LogP contribution in [0.5, 0.6) is 0 Å². The van der Waals surface area contributed by atoms with Gasteiger partial charge in [-0.2, -0.15) is 0 Å². The van der Waals surface area contributed by atoms with E-state index in [1.807, 2.05) is 30.3 Å². The zero-order chi connectivity index (χ0) is 28.2. The highest BCUT2D eigenvalue weighted by molar-refractivity contribution is 5.92. The van der Waals surface area contributed by atoms with Crippen molar-refractivity contribution in [1.29, 1.82) is 0 Å². The highest BCUT2D eigenvalue weighted by Gasteiger charge is 2.36. The Balaban J connectivity index is 1.43. The van der Waals surface area contributed by atoms with E-state index in [9.17, 15) is 19.2 Å². The molecule has 0 bridgehead atoms. The van der Waals surface area contributed by atoms with Gasteiger partial charge in [-0.1, -0.05) is 36.4 Å². The zero-order valence-corrected chi connectivity index (χ0v) is 22.5. The summed E-state index contributed by atoms with van der Waals surface area (Å²) < 4.78 is 16.5. The van der Waals surface area contributed by atoms with E-state index in [-0.39, 0.29) is 12.5 Å². The molecule has 2 aliphatic heterocycles. The van der Waals surface area contributed by atoms with Gasteiger partial charge in [0.15, 0.2) is 0 Å². The number of nitrogens with zero attached hydrogens (tertiary/aromatic N) is 2. The molecule has 10 nitrogen and oxygen atoms in total. The van der Waals surface area contributed by atoms with Crippen LogP contribution in [-0.4, -0.2) is 73.0 Å². The van der Waals surface area contributed by atoms with Crippen molar-refractivity contribution in [1.82, 2.24) is 10.2 Å². The van der Waals surface area contributed by atoms with E-state index in [0.29, 0.717) is 30.9 Å². The van der Waals surface area contributed by atoms with Crippen molar-refractivity contribution in [3.05, 3.63) is 71.8 Å². The summed E-state index contributed by atoms with van der Waals surface area (Å²) in [5.74, 6) is -1.44. The molecule has 2 amide bonds. The standard InChI is InChI=1S/C29H33N3O7/c1-19(33)30-16-24-18-32(28(36)37-24)23-12-10-20(11-13-23)22-14-15-31(17-22)25(27(35)39-29(2,3)4)38-26(34)21-8-6-5-7-9-21/h5-14,24-25H,15-18H2,1-4H3,(H,30,33)/t24-,25-/m0/s1. The molecule has 0 unspecified atom stereocenters. The van der Waals surface area contributed by atoms with E-state index in [1.54, 1.807) is 56.0 Å². The predicted octanol–water partition coefficient (Wildman–Crippen LogP) is 3.37. The molecule has 2 aromatic rings. The number of esters is 2. The number of anilines is 1. The van der Waals surface area contributed by atoms with Crippen LogP contribution in [0.25, 0.3) is 5.57 Å². The van der Waals surface area contributed by atoms with Gasteiger partial charge >= 0.3 is 18.0 Å². The third-order valence-electron chi connectivity index (χ3n) is 6.12. The molecule has 1 saturated heterocycles. The van der Waals surface area contributed by atoms with Gasteiger partial charge in [-0.3, -0.25) is 14.6 Å². The molecule has 2 aliphatic rings. The molecule has 4 rings (SSSR count). The quantitative estimate of drug-likeness (QED) is 0.404. The molecular formula is C29H33N3O7. The average Bonchev–Trinajstić information content (AvgIpc) is 3.52. The van der Waals surface area contributed by atoms with Gasteiger partial charge in [0, 0.05) is 25.7 Å². The fraction of sp³-hybridized carbons (Fsp3) is 0.379. The van der Waals surface area contributed by atoms with Gasteiger partial charge in [-0.15, -0.1) is 0 Å². The number of carbonyl (C=O) groups is 4. The van der Waals surface area contributed by atoms with Gasteiger partial charge in [0.25, 0.3) is 6.23 Å². The van der Waals surface area contributed by atoms with E-state index >= 15 is 0 Å². The maximum atomic E-state index is 13.1. The van der Waals surface area contributed by atoms with Gasteiger partial charge in [0.05, 0.1) is 18.7 Å². The number of ether oxygens (including phenoxy) is 3. The van der Waals surface area contributed by atoms with Crippen molar-refractivity contribution >= 4 is 35.2 Å². The smallest absolute Gasteiger partial charge is 0.414 e. The number of rotatable bonds is 8. The Morgan fingerprint density at radius 1 is 1.08 bits per heavy atom. The fourth-order valence-electron chi connectivity index (χ4n) is 4.28. The van der Waals surface area contributed by atoms with Crippen LogP contribution in [0.15, 0.2) is 60.7 Å². The third kappa shape index (κ3) is 7.23. The van der Waals surface area contributed by atoms with Crippen LogP contribution < -0.4 is 10.2 Å². The monoisotopic (exact) mass is 535 g/mol. The van der Waals surface area contributed by atoms with Crippen molar-refractivity contribution in [2.24, 2.45) is 0 Å². The minimum absolute atomic E-state index is 0.184. The van der Waals surface area contributed by atoms with Crippen LogP contribution in [0.3, 0.4) is 0 Å². The van der Waals surface area contributed by atoms with Crippen LogP contribution in [0.2, 0.25) is 0 Å². The number of amides is 2. The summed E-state index contributed by atoms with van der Waals surface area (Å²) in [5.41, 5.74) is 2.11. The number of benzene rings is 2. The van der Waals surface area contributed by atoms with Crippen molar-refractivity contribution in [2.45, 2.75) is 45.6 Å². The third-order valence-corrected chi connectivity index (χ3v) is 6.12. The van der Waals surface area contributed by atoms with E-state index in [4.69, 9.17) is 14.2 Å². The highest BCUT2D eigenvalue weighted by Crippen LogP contribution is 2.28. The second-order valence-electron chi connectivity index (χ2n) is 10.4. The largest absolute Gasteiger partial charge is 0.456 e.